The number of anilines is 1. The third kappa shape index (κ3) is 7.59. The van der Waals surface area contributed by atoms with Crippen LogP contribution < -0.4 is 20.7 Å². The fourth-order valence-corrected chi connectivity index (χ4v) is 2.43. The smallest absolute Gasteiger partial charge is 0.269 e. The highest BCUT2D eigenvalue weighted by Gasteiger charge is 2.04. The normalized spacial score (nSPS) is 10.6. The second kappa shape index (κ2) is 12.8. The first-order chi connectivity index (χ1) is 13.1. The van der Waals surface area contributed by atoms with E-state index in [9.17, 15) is 10.1 Å². The summed E-state index contributed by atoms with van der Waals surface area (Å²) in [4.78, 5) is 14.8. The molecule has 0 spiro atoms. The molecular weight excluding hydrogens is 473 g/mol. The van der Waals surface area contributed by atoms with Crippen LogP contribution >= 0.6 is 24.0 Å². The molecule has 0 heterocycles. The van der Waals surface area contributed by atoms with Gasteiger partial charge in [-0.15, -0.1) is 24.0 Å². The van der Waals surface area contributed by atoms with Crippen LogP contribution in [0.4, 0.5) is 11.4 Å². The van der Waals surface area contributed by atoms with Crippen LogP contribution in [-0.2, 0) is 6.54 Å². The zero-order valence-electron chi connectivity index (χ0n) is 16.0. The standard InChI is InChI=1S/C19H25N5O3.HI/c1-3-20-19(23-14-15-6-4-5-7-18(15)27-2)22-13-12-21-16-8-10-17(11-9-16)24(25)26;/h4-11,21H,3,12-14H2,1-2H3,(H2,20,22,23);1H. The molecule has 3 N–H and O–H groups in total. The molecule has 0 saturated carbocycles. The fraction of sp³-hybridized carbons (Fsp3) is 0.316. The van der Waals surface area contributed by atoms with Crippen molar-refractivity contribution in [1.29, 1.82) is 0 Å². The van der Waals surface area contributed by atoms with Gasteiger partial charge in [0.1, 0.15) is 5.75 Å². The lowest BCUT2D eigenvalue weighted by atomic mass is 10.2. The number of benzene rings is 2. The van der Waals surface area contributed by atoms with Crippen molar-refractivity contribution in [2.24, 2.45) is 4.99 Å². The Balaban J connectivity index is 0.00000392. The molecule has 152 valence electrons. The predicted molar refractivity (Wildman–Crippen MR) is 123 cm³/mol. The first-order valence-electron chi connectivity index (χ1n) is 8.76. The molecule has 2 aromatic carbocycles. The van der Waals surface area contributed by atoms with Gasteiger partial charge in [0, 0.05) is 43.0 Å². The molecule has 0 unspecified atom stereocenters. The van der Waals surface area contributed by atoms with Gasteiger partial charge in [-0.3, -0.25) is 10.1 Å². The summed E-state index contributed by atoms with van der Waals surface area (Å²) in [6, 6.07) is 14.1. The van der Waals surface area contributed by atoms with Crippen LogP contribution in [0.1, 0.15) is 12.5 Å². The second-order valence-electron chi connectivity index (χ2n) is 5.66. The van der Waals surface area contributed by atoms with Gasteiger partial charge in [-0.05, 0) is 25.1 Å². The van der Waals surface area contributed by atoms with E-state index in [0.29, 0.717) is 25.6 Å². The van der Waals surface area contributed by atoms with Crippen molar-refractivity contribution >= 4 is 41.3 Å². The molecule has 28 heavy (non-hydrogen) atoms. The Morgan fingerprint density at radius 1 is 1.11 bits per heavy atom. The van der Waals surface area contributed by atoms with Gasteiger partial charge < -0.3 is 20.7 Å². The molecule has 0 saturated heterocycles. The number of nitrogens with one attached hydrogen (secondary N) is 3. The number of aliphatic imine (C=N–C) groups is 1. The van der Waals surface area contributed by atoms with E-state index in [4.69, 9.17) is 4.74 Å². The van der Waals surface area contributed by atoms with E-state index in [1.165, 1.54) is 12.1 Å². The molecule has 2 aromatic rings. The first-order valence-corrected chi connectivity index (χ1v) is 8.76. The molecule has 0 aliphatic rings. The van der Waals surface area contributed by atoms with E-state index in [-0.39, 0.29) is 29.7 Å². The fourth-order valence-electron chi connectivity index (χ4n) is 2.43. The van der Waals surface area contributed by atoms with Crippen LogP contribution in [0.3, 0.4) is 0 Å². The van der Waals surface area contributed by atoms with Crippen molar-refractivity contribution in [3.05, 3.63) is 64.2 Å². The minimum atomic E-state index is -0.410. The number of methoxy groups -OCH3 is 1. The van der Waals surface area contributed by atoms with Crippen molar-refractivity contribution in [3.63, 3.8) is 0 Å². The van der Waals surface area contributed by atoms with Crippen LogP contribution in [0.25, 0.3) is 0 Å². The van der Waals surface area contributed by atoms with Gasteiger partial charge in [0.05, 0.1) is 18.6 Å². The highest BCUT2D eigenvalue weighted by Crippen LogP contribution is 2.18. The lowest BCUT2D eigenvalue weighted by Crippen LogP contribution is -2.39. The lowest BCUT2D eigenvalue weighted by Gasteiger charge is -2.13. The summed E-state index contributed by atoms with van der Waals surface area (Å²) in [5.74, 6) is 1.53. The molecule has 0 aromatic heterocycles. The number of halogens is 1. The predicted octanol–water partition coefficient (Wildman–Crippen LogP) is 3.39. The van der Waals surface area contributed by atoms with Crippen molar-refractivity contribution in [2.45, 2.75) is 13.5 Å². The first kappa shape index (κ1) is 23.5. The highest BCUT2D eigenvalue weighted by molar-refractivity contribution is 14.0. The Kier molecular flexibility index (Phi) is 10.7. The van der Waals surface area contributed by atoms with Crippen molar-refractivity contribution in [2.75, 3.05) is 32.1 Å². The molecule has 0 radical (unpaired) electrons. The van der Waals surface area contributed by atoms with Crippen molar-refractivity contribution in [1.82, 2.24) is 10.6 Å². The molecule has 0 amide bonds. The van der Waals surface area contributed by atoms with Gasteiger partial charge in [-0.2, -0.15) is 0 Å². The van der Waals surface area contributed by atoms with Crippen LogP contribution in [0.15, 0.2) is 53.5 Å². The van der Waals surface area contributed by atoms with E-state index >= 15 is 0 Å². The number of nitro benzene ring substituents is 1. The maximum Gasteiger partial charge on any atom is 0.269 e. The summed E-state index contributed by atoms with van der Waals surface area (Å²) in [5.41, 5.74) is 1.93. The number of hydrogen-bond acceptors (Lipinski definition) is 5. The number of guanidine groups is 1. The SMILES string of the molecule is CCNC(=NCc1ccccc1OC)NCCNc1ccc([N+](=O)[O-])cc1.I. The molecule has 9 heteroatoms. The van der Waals surface area contributed by atoms with Crippen molar-refractivity contribution in [3.8, 4) is 5.75 Å². The minimum Gasteiger partial charge on any atom is -0.496 e. The Bertz CT molecular complexity index is 768. The van der Waals surface area contributed by atoms with E-state index in [0.717, 1.165) is 23.5 Å². The zero-order valence-corrected chi connectivity index (χ0v) is 18.3. The third-order valence-corrected chi connectivity index (χ3v) is 3.77. The Hall–Kier alpha value is -2.56. The number of para-hydroxylation sites is 1. The van der Waals surface area contributed by atoms with Gasteiger partial charge in [0.25, 0.3) is 5.69 Å². The van der Waals surface area contributed by atoms with Gasteiger partial charge in [0.15, 0.2) is 5.96 Å². The maximum atomic E-state index is 10.7. The van der Waals surface area contributed by atoms with Crippen LogP contribution in [0, 0.1) is 10.1 Å². The van der Waals surface area contributed by atoms with Crippen molar-refractivity contribution < 1.29 is 9.66 Å². The molecule has 0 aliphatic carbocycles. The van der Waals surface area contributed by atoms with E-state index in [1.807, 2.05) is 31.2 Å². The summed E-state index contributed by atoms with van der Waals surface area (Å²) < 4.78 is 5.35. The Labute approximate surface area is 181 Å². The quantitative estimate of drug-likeness (QED) is 0.122. The van der Waals surface area contributed by atoms with E-state index in [2.05, 4.69) is 20.9 Å². The number of non-ortho nitro benzene ring substituents is 1. The number of nitro groups is 1. The summed E-state index contributed by atoms with van der Waals surface area (Å²) >= 11 is 0. The summed E-state index contributed by atoms with van der Waals surface area (Å²) in [5, 5.41) is 20.3. The van der Waals surface area contributed by atoms with Crippen LogP contribution in [0.2, 0.25) is 0 Å². The Morgan fingerprint density at radius 3 is 2.46 bits per heavy atom. The zero-order chi connectivity index (χ0) is 19.5. The third-order valence-electron chi connectivity index (χ3n) is 3.77. The molecule has 2 rings (SSSR count). The molecule has 8 nitrogen and oxygen atoms in total. The van der Waals surface area contributed by atoms with Crippen LogP contribution in [0.5, 0.6) is 5.75 Å². The molecular formula is C19H26IN5O3. The molecule has 0 bridgehead atoms. The number of ether oxygens (including phenoxy) is 1. The van der Waals surface area contributed by atoms with Crippen LogP contribution in [-0.4, -0.2) is 37.6 Å². The lowest BCUT2D eigenvalue weighted by molar-refractivity contribution is -0.384. The molecule has 0 atom stereocenters. The number of rotatable bonds is 9. The average molecular weight is 499 g/mol. The second-order valence-corrected chi connectivity index (χ2v) is 5.66. The summed E-state index contributed by atoms with van der Waals surface area (Å²) in [6.07, 6.45) is 0. The Morgan fingerprint density at radius 2 is 1.82 bits per heavy atom. The van der Waals surface area contributed by atoms with E-state index in [1.54, 1.807) is 19.2 Å². The van der Waals surface area contributed by atoms with E-state index < -0.39 is 4.92 Å². The minimum absolute atomic E-state index is 0. The number of hydrogen-bond donors (Lipinski definition) is 3. The van der Waals surface area contributed by atoms with Gasteiger partial charge >= 0.3 is 0 Å². The van der Waals surface area contributed by atoms with Gasteiger partial charge in [0.2, 0.25) is 0 Å². The largest absolute Gasteiger partial charge is 0.496 e. The molecule has 0 fully saturated rings. The van der Waals surface area contributed by atoms with Gasteiger partial charge in [-0.1, -0.05) is 18.2 Å². The topological polar surface area (TPSA) is 101 Å². The number of nitrogens with zero attached hydrogens (tertiary/aromatic N) is 2. The highest BCUT2D eigenvalue weighted by atomic mass is 127. The van der Waals surface area contributed by atoms with Gasteiger partial charge in [-0.25, -0.2) is 4.99 Å². The summed E-state index contributed by atoms with van der Waals surface area (Å²) in [7, 11) is 1.65. The monoisotopic (exact) mass is 499 g/mol. The maximum absolute atomic E-state index is 10.7. The average Bonchev–Trinajstić information content (AvgIpc) is 2.69. The summed E-state index contributed by atoms with van der Waals surface area (Å²) in [6.45, 7) is 4.57. The molecule has 0 aliphatic heterocycles.